The molecular weight excluding hydrogens is 170 g/mol. The minimum absolute atomic E-state index is 0.0437. The lowest BCUT2D eigenvalue weighted by atomic mass is 9.92. The summed E-state index contributed by atoms with van der Waals surface area (Å²) in [6, 6.07) is 0. The highest BCUT2D eigenvalue weighted by Gasteiger charge is 2.34. The molecular formula is C7H10F2O3. The van der Waals surface area contributed by atoms with Gasteiger partial charge in [0.15, 0.2) is 0 Å². The molecule has 0 unspecified atom stereocenters. The Morgan fingerprint density at radius 3 is 2.42 bits per heavy atom. The summed E-state index contributed by atoms with van der Waals surface area (Å²) in [5.74, 6) is 0. The third kappa shape index (κ3) is 1.63. The first-order chi connectivity index (χ1) is 5.54. The fraction of sp³-hybridized carbons (Fsp3) is 0.714. The molecule has 0 aliphatic heterocycles. The molecule has 3 atom stereocenters. The molecule has 1 rings (SSSR count). The number of alkyl halides is 2. The van der Waals surface area contributed by atoms with Crippen molar-refractivity contribution in [3.63, 3.8) is 0 Å². The van der Waals surface area contributed by atoms with Gasteiger partial charge in [-0.1, -0.05) is 6.08 Å². The Morgan fingerprint density at radius 1 is 1.33 bits per heavy atom. The molecule has 0 fully saturated rings. The van der Waals surface area contributed by atoms with E-state index in [4.69, 9.17) is 15.3 Å². The number of aliphatic hydroxyl groups is 3. The molecule has 3 N–H and O–H groups in total. The van der Waals surface area contributed by atoms with E-state index in [9.17, 15) is 8.78 Å². The van der Waals surface area contributed by atoms with Gasteiger partial charge >= 0.3 is 0 Å². The van der Waals surface area contributed by atoms with Crippen LogP contribution in [-0.2, 0) is 0 Å². The quantitative estimate of drug-likeness (QED) is 0.484. The van der Waals surface area contributed by atoms with E-state index in [0.29, 0.717) is 0 Å². The maximum Gasteiger partial charge on any atom is 0.262 e. The van der Waals surface area contributed by atoms with Crippen molar-refractivity contribution in [1.82, 2.24) is 0 Å². The van der Waals surface area contributed by atoms with Gasteiger partial charge in [0, 0.05) is 5.57 Å². The number of halogens is 2. The molecule has 1 aliphatic carbocycles. The van der Waals surface area contributed by atoms with Gasteiger partial charge in [0.25, 0.3) is 6.43 Å². The van der Waals surface area contributed by atoms with Gasteiger partial charge in [0.2, 0.25) is 0 Å². The van der Waals surface area contributed by atoms with Crippen molar-refractivity contribution in [2.24, 2.45) is 0 Å². The average molecular weight is 180 g/mol. The Balaban J connectivity index is 2.77. The normalized spacial score (nSPS) is 36.8. The molecule has 5 heteroatoms. The average Bonchev–Trinajstić information content (AvgIpc) is 2.00. The van der Waals surface area contributed by atoms with Crippen LogP contribution in [0.5, 0.6) is 0 Å². The van der Waals surface area contributed by atoms with Crippen LogP contribution in [0.15, 0.2) is 11.6 Å². The van der Waals surface area contributed by atoms with Crippen LogP contribution >= 0.6 is 0 Å². The molecule has 1 aliphatic rings. The molecule has 3 nitrogen and oxygen atoms in total. The summed E-state index contributed by atoms with van der Waals surface area (Å²) in [7, 11) is 0. The zero-order chi connectivity index (χ0) is 9.30. The van der Waals surface area contributed by atoms with Crippen LogP contribution in [0.4, 0.5) is 8.78 Å². The van der Waals surface area contributed by atoms with Gasteiger partial charge in [-0.2, -0.15) is 0 Å². The SMILES string of the molecule is O[C@H]1[C@H](O)C(C(F)F)=CC[C@@H]1O. The zero-order valence-electron chi connectivity index (χ0n) is 6.19. The van der Waals surface area contributed by atoms with E-state index in [1.165, 1.54) is 0 Å². The molecule has 70 valence electrons. The Morgan fingerprint density at radius 2 is 1.92 bits per heavy atom. The summed E-state index contributed by atoms with van der Waals surface area (Å²) in [5, 5.41) is 27.0. The monoisotopic (exact) mass is 180 g/mol. The summed E-state index contributed by atoms with van der Waals surface area (Å²) in [6.45, 7) is 0. The second-order valence-electron chi connectivity index (χ2n) is 2.74. The summed E-state index contributed by atoms with van der Waals surface area (Å²) in [4.78, 5) is 0. The standard InChI is InChI=1S/C7H10F2O3/c8-7(9)3-1-2-4(10)6(12)5(3)11/h1,4-7,10-12H,2H2/t4-,5+,6+/m0/s1. The lowest BCUT2D eigenvalue weighted by molar-refractivity contribution is -0.0596. The van der Waals surface area contributed by atoms with E-state index in [0.717, 1.165) is 6.08 Å². The Labute approximate surface area is 67.9 Å². The molecule has 0 aromatic rings. The second kappa shape index (κ2) is 3.47. The van der Waals surface area contributed by atoms with E-state index in [1.807, 2.05) is 0 Å². The van der Waals surface area contributed by atoms with Crippen LogP contribution in [0.2, 0.25) is 0 Å². The van der Waals surface area contributed by atoms with Crippen LogP contribution in [0.25, 0.3) is 0 Å². The first-order valence-electron chi connectivity index (χ1n) is 3.56. The number of rotatable bonds is 1. The van der Waals surface area contributed by atoms with Gasteiger partial charge < -0.3 is 15.3 Å². The van der Waals surface area contributed by atoms with Gasteiger partial charge in [-0.15, -0.1) is 0 Å². The topological polar surface area (TPSA) is 60.7 Å². The van der Waals surface area contributed by atoms with E-state index >= 15 is 0 Å². The summed E-state index contributed by atoms with van der Waals surface area (Å²) in [5.41, 5.74) is -0.507. The highest BCUT2D eigenvalue weighted by molar-refractivity contribution is 5.18. The maximum absolute atomic E-state index is 12.1. The fourth-order valence-corrected chi connectivity index (χ4v) is 1.14. The highest BCUT2D eigenvalue weighted by Crippen LogP contribution is 2.24. The van der Waals surface area contributed by atoms with Crippen LogP contribution < -0.4 is 0 Å². The molecule has 0 spiro atoms. The van der Waals surface area contributed by atoms with Gasteiger partial charge in [0.05, 0.1) is 6.10 Å². The Hall–Kier alpha value is -0.520. The zero-order valence-corrected chi connectivity index (χ0v) is 6.19. The summed E-state index contributed by atoms with van der Waals surface area (Å²) >= 11 is 0. The van der Waals surface area contributed by atoms with Crippen molar-refractivity contribution < 1.29 is 24.1 Å². The van der Waals surface area contributed by atoms with Crippen molar-refractivity contribution in [3.05, 3.63) is 11.6 Å². The van der Waals surface area contributed by atoms with E-state index < -0.39 is 30.3 Å². The number of hydrogen-bond acceptors (Lipinski definition) is 3. The van der Waals surface area contributed by atoms with Crippen molar-refractivity contribution >= 4 is 0 Å². The third-order valence-electron chi connectivity index (χ3n) is 1.91. The van der Waals surface area contributed by atoms with Crippen LogP contribution in [-0.4, -0.2) is 40.1 Å². The predicted molar refractivity (Wildman–Crippen MR) is 36.7 cm³/mol. The summed E-state index contributed by atoms with van der Waals surface area (Å²) < 4.78 is 24.1. The van der Waals surface area contributed by atoms with Crippen molar-refractivity contribution in [1.29, 1.82) is 0 Å². The molecule has 0 heterocycles. The molecule has 0 bridgehead atoms. The van der Waals surface area contributed by atoms with Gasteiger partial charge in [-0.25, -0.2) is 8.78 Å². The van der Waals surface area contributed by atoms with E-state index in [2.05, 4.69) is 0 Å². The Kier molecular flexibility index (Phi) is 2.76. The Bertz CT molecular complexity index is 193. The maximum atomic E-state index is 12.1. The van der Waals surface area contributed by atoms with Gasteiger partial charge in [-0.05, 0) is 6.42 Å². The van der Waals surface area contributed by atoms with Crippen LogP contribution in [0.3, 0.4) is 0 Å². The highest BCUT2D eigenvalue weighted by atomic mass is 19.3. The fourth-order valence-electron chi connectivity index (χ4n) is 1.14. The molecule has 0 aromatic carbocycles. The largest absolute Gasteiger partial charge is 0.390 e. The smallest absolute Gasteiger partial charge is 0.262 e. The van der Waals surface area contributed by atoms with Crippen LogP contribution in [0, 0.1) is 0 Å². The second-order valence-corrected chi connectivity index (χ2v) is 2.74. The van der Waals surface area contributed by atoms with Crippen molar-refractivity contribution in [3.8, 4) is 0 Å². The first-order valence-corrected chi connectivity index (χ1v) is 3.56. The lowest BCUT2D eigenvalue weighted by Crippen LogP contribution is -2.42. The first kappa shape index (κ1) is 9.57. The molecule has 0 amide bonds. The van der Waals surface area contributed by atoms with Gasteiger partial charge in [0.1, 0.15) is 12.2 Å². The predicted octanol–water partition coefficient (Wildman–Crippen LogP) is -0.336. The molecule has 0 saturated heterocycles. The summed E-state index contributed by atoms with van der Waals surface area (Å²) in [6.07, 6.45) is -6.05. The molecule has 0 saturated carbocycles. The molecule has 0 aromatic heterocycles. The minimum atomic E-state index is -2.78. The number of aliphatic hydroxyl groups excluding tert-OH is 3. The minimum Gasteiger partial charge on any atom is -0.390 e. The molecule has 0 radical (unpaired) electrons. The van der Waals surface area contributed by atoms with E-state index in [-0.39, 0.29) is 6.42 Å². The van der Waals surface area contributed by atoms with Crippen molar-refractivity contribution in [2.45, 2.75) is 31.2 Å². The number of hydrogen-bond donors (Lipinski definition) is 3. The van der Waals surface area contributed by atoms with Crippen LogP contribution in [0.1, 0.15) is 6.42 Å². The lowest BCUT2D eigenvalue weighted by Gasteiger charge is -2.28. The third-order valence-corrected chi connectivity index (χ3v) is 1.91. The van der Waals surface area contributed by atoms with Gasteiger partial charge in [-0.3, -0.25) is 0 Å². The van der Waals surface area contributed by atoms with E-state index in [1.54, 1.807) is 0 Å². The molecule has 12 heavy (non-hydrogen) atoms. The van der Waals surface area contributed by atoms with Crippen molar-refractivity contribution in [2.75, 3.05) is 0 Å².